The Morgan fingerprint density at radius 3 is 0.969 bits per heavy atom. The first-order valence-corrected chi connectivity index (χ1v) is 44.8. The molecular formula is C85H138N7NaO33S. The van der Waals surface area contributed by atoms with Crippen LogP contribution in [0.2, 0.25) is 0 Å². The van der Waals surface area contributed by atoms with Crippen molar-refractivity contribution in [2.75, 3.05) is 33.0 Å². The van der Waals surface area contributed by atoms with Crippen LogP contribution in [0.3, 0.4) is 0 Å². The van der Waals surface area contributed by atoms with Gasteiger partial charge in [0.25, 0.3) is 0 Å². The van der Waals surface area contributed by atoms with E-state index in [9.17, 15) is 119 Å². The van der Waals surface area contributed by atoms with E-state index >= 15 is 0 Å². The summed E-state index contributed by atoms with van der Waals surface area (Å²) in [6.07, 6.45) is -4.50. The van der Waals surface area contributed by atoms with E-state index in [0.717, 1.165) is 80.5 Å². The standard InChI is InChI=1S/C20H31NO6.C18H26O9S.C17H29N3O6.C16H26N2O6.C14H27NO6.Na/c21-14(11-13-7-3-1-4-8-13)15(23)9-5-2-6-10-16-18(24)20(26)19(25)17(12-22)27-16;19-10-15-17(22)18(23)16(21)14(27-15)5-3-1-2-4-13(20)11-6-8-12(9-7-11)28(24,25)26;18-11(6-10-7-19-9-20-10)12(22)4-2-1-3-5-13-15(23)17(25)16(24)14(8-21)26-13;19-8-13-15(22)16(23)14(21)12(24-13)5-3-1-2-4-11(20)6-10-7-17-9-18-10;1-8(15)9(17)5-3-2-4-6-10-12(18)14(20)13(19)11(7-16)21-10;/h1,3-4,7-8,14,16-20,22,24-26H,2,5-6,9-12,21H2;6-9,14-19,21-23H,1-5,10H2,(H,24,25,26);7,9,11,13-17,21,23-25H,1-6,8,18H2,(H,19,20);7,9,12-16,19,21-23H,1-6,8H2,(H,17,18);8,10-14,16,18-20H,2-7,15H2,1H3;/q;;;;;+1/p-1/t14-,16?,17?,18?,19?,20?;;11-,13?,14?,15?,16?,17?;;8-,10?,11?,12?,13?,14?;/m1.1.1./s1. The molecule has 4 aromatic rings. The van der Waals surface area contributed by atoms with Gasteiger partial charge in [0, 0.05) is 74.3 Å². The summed E-state index contributed by atoms with van der Waals surface area (Å²) in [4.78, 5) is 72.6. The molecule has 40 nitrogen and oxygen atoms in total. The normalized spacial score (nSPS) is 30.2. The van der Waals surface area contributed by atoms with Gasteiger partial charge in [0.05, 0.1) is 99.2 Å². The Bertz CT molecular complexity index is 3780. The quantitative estimate of drug-likeness (QED) is 0.00846. The fraction of sp³-hybridized carbons (Fsp3) is 0.729. The summed E-state index contributed by atoms with van der Waals surface area (Å²) >= 11 is 0. The number of nitrogens with one attached hydrogen (secondary N) is 2. The Morgan fingerprint density at radius 2 is 0.669 bits per heavy atom. The maximum atomic E-state index is 12.1. The van der Waals surface area contributed by atoms with Crippen molar-refractivity contribution in [3.05, 3.63) is 102 Å². The molecule has 0 amide bonds. The van der Waals surface area contributed by atoms with Crippen LogP contribution >= 0.6 is 0 Å². The second kappa shape index (κ2) is 60.3. The van der Waals surface area contributed by atoms with Crippen LogP contribution in [0.25, 0.3) is 0 Å². The molecule has 28 atom stereocenters. The first kappa shape index (κ1) is 114. The third kappa shape index (κ3) is 38.5. The number of carbonyl (C=O) groups is 5. The molecule has 5 aliphatic heterocycles. The smallest absolute Gasteiger partial charge is 0.744 e. The second-order valence-corrected chi connectivity index (χ2v) is 34.3. The van der Waals surface area contributed by atoms with E-state index in [0.29, 0.717) is 128 Å². The van der Waals surface area contributed by atoms with Crippen LogP contribution in [0.1, 0.15) is 195 Å². The number of aromatic nitrogens is 4. The number of H-pyrrole nitrogens is 2. The summed E-state index contributed by atoms with van der Waals surface area (Å²) < 4.78 is 59.8. The van der Waals surface area contributed by atoms with Gasteiger partial charge in [0.2, 0.25) is 0 Å². The van der Waals surface area contributed by atoms with Crippen LogP contribution in [0.4, 0.5) is 0 Å². The maximum Gasteiger partial charge on any atom is 1.00 e. The number of aliphatic hydroxyl groups is 20. The van der Waals surface area contributed by atoms with Crippen molar-refractivity contribution in [2.24, 2.45) is 17.2 Å². The fourth-order valence-corrected chi connectivity index (χ4v) is 15.6. The van der Waals surface area contributed by atoms with Crippen LogP contribution in [0.5, 0.6) is 0 Å². The van der Waals surface area contributed by atoms with Crippen LogP contribution in [0.15, 0.2) is 84.5 Å². The van der Waals surface area contributed by atoms with Crippen molar-refractivity contribution < 1.29 is 192 Å². The average molecular weight is 1840 g/mol. The Labute approximate surface area is 761 Å². The maximum absolute atomic E-state index is 12.1. The number of hydrogen-bond donors (Lipinski definition) is 25. The fourth-order valence-electron chi connectivity index (χ4n) is 15.2. The minimum absolute atomic E-state index is 0. The van der Waals surface area contributed by atoms with Crippen molar-refractivity contribution in [3.63, 3.8) is 0 Å². The molecule has 0 bridgehead atoms. The first-order valence-electron chi connectivity index (χ1n) is 43.4. The van der Waals surface area contributed by atoms with E-state index in [1.165, 1.54) is 12.1 Å². The van der Waals surface area contributed by atoms with Gasteiger partial charge < -0.3 is 158 Å². The molecule has 718 valence electrons. The van der Waals surface area contributed by atoms with Gasteiger partial charge >= 0.3 is 29.6 Å². The molecule has 28 N–H and O–H groups in total. The molecule has 5 fully saturated rings. The number of rotatable bonds is 46. The number of carbonyl (C=O) groups excluding carboxylic acids is 5. The molecule has 7 heterocycles. The summed E-state index contributed by atoms with van der Waals surface area (Å²) in [7, 11) is -4.54. The Hall–Kier alpha value is -5.00. The molecule has 127 heavy (non-hydrogen) atoms. The number of ether oxygens (including phenoxy) is 5. The molecule has 25 unspecified atom stereocenters. The van der Waals surface area contributed by atoms with Crippen molar-refractivity contribution >= 4 is 39.0 Å². The summed E-state index contributed by atoms with van der Waals surface area (Å²) in [5.41, 5.74) is 20.3. The zero-order valence-corrected chi connectivity index (χ0v) is 75.1. The molecule has 5 saturated heterocycles. The monoisotopic (exact) mass is 1840 g/mol. The van der Waals surface area contributed by atoms with E-state index in [1.54, 1.807) is 32.0 Å². The van der Waals surface area contributed by atoms with Crippen molar-refractivity contribution in [1.82, 2.24) is 19.9 Å². The third-order valence-electron chi connectivity index (χ3n) is 23.1. The number of aromatic amines is 2. The number of imidazole rings is 2. The van der Waals surface area contributed by atoms with Gasteiger partial charge in [0.1, 0.15) is 155 Å². The van der Waals surface area contributed by atoms with Crippen LogP contribution in [-0.4, -0.2) is 368 Å². The number of ketones is 5. The molecule has 2 aromatic carbocycles. The van der Waals surface area contributed by atoms with E-state index in [-0.39, 0.29) is 69.8 Å². The molecule has 2 aromatic heterocycles. The van der Waals surface area contributed by atoms with Gasteiger partial charge in [-0.3, -0.25) is 24.0 Å². The molecule has 9 rings (SSSR count). The topological polar surface area (TPSA) is 729 Å². The predicted molar refractivity (Wildman–Crippen MR) is 447 cm³/mol. The number of nitrogens with two attached hydrogens (primary N) is 3. The summed E-state index contributed by atoms with van der Waals surface area (Å²) in [6.45, 7) is -0.480. The minimum atomic E-state index is -4.54. The first-order chi connectivity index (χ1) is 59.9. The second-order valence-electron chi connectivity index (χ2n) is 32.9. The predicted octanol–water partition coefficient (Wildman–Crippen LogP) is -6.86. The van der Waals surface area contributed by atoms with Crippen molar-refractivity contribution in [1.29, 1.82) is 0 Å². The zero-order valence-electron chi connectivity index (χ0n) is 72.3. The largest absolute Gasteiger partial charge is 1.00 e. The molecule has 0 aliphatic carbocycles. The zero-order chi connectivity index (χ0) is 93.3. The van der Waals surface area contributed by atoms with Gasteiger partial charge in [0.15, 0.2) is 5.78 Å². The SMILES string of the molecule is C[C@@H](N)C(=O)CCCCCC1OC(CO)C(O)C(O)C1O.N[C@H](Cc1ccccc1)C(=O)CCCCCC1OC(CO)C(O)C(O)C1O.N[C@H](Cc1cnc[nH]1)C(=O)CCCCCC1OC(CO)C(O)C(O)C1O.O=C(CCCCCC1OC(CO)C(O)C(O)C1O)Cc1cnc[nH]1.O=C(CCCCCC1OC(CO)C(O)C(O)C1O)c1ccc(S(=O)(=O)[O-])cc1.[Na+]. The van der Waals surface area contributed by atoms with E-state index in [4.69, 9.17) is 61.3 Å². The molecule has 0 radical (unpaired) electrons. The van der Waals surface area contributed by atoms with Crippen LogP contribution in [0, 0.1) is 0 Å². The van der Waals surface area contributed by atoms with Crippen LogP contribution < -0.4 is 46.8 Å². The summed E-state index contributed by atoms with van der Waals surface area (Å²) in [6, 6.07) is 13.0. The van der Waals surface area contributed by atoms with Crippen molar-refractivity contribution in [2.45, 2.75) is 362 Å². The number of nitrogens with zero attached hydrogens (tertiary/aromatic N) is 2. The Balaban J connectivity index is 0.000000333. The average Bonchev–Trinajstić information content (AvgIpc) is 1.18. The third-order valence-corrected chi connectivity index (χ3v) is 23.9. The van der Waals surface area contributed by atoms with Gasteiger partial charge in [-0.2, -0.15) is 0 Å². The Kier molecular flexibility index (Phi) is 54.3. The summed E-state index contributed by atoms with van der Waals surface area (Å²) in [5, 5.41) is 193. The van der Waals surface area contributed by atoms with E-state index in [1.807, 2.05) is 30.3 Å². The minimum Gasteiger partial charge on any atom is -0.744 e. The molecular weight excluding hydrogens is 1700 g/mol. The van der Waals surface area contributed by atoms with E-state index in [2.05, 4.69) is 19.9 Å². The number of benzene rings is 2. The number of hydrogen-bond acceptors (Lipinski definition) is 38. The van der Waals surface area contributed by atoms with Gasteiger partial charge in [-0.15, -0.1) is 0 Å². The van der Waals surface area contributed by atoms with Gasteiger partial charge in [-0.25, -0.2) is 18.4 Å². The van der Waals surface area contributed by atoms with Crippen LogP contribution in [-0.2, 0) is 72.2 Å². The van der Waals surface area contributed by atoms with Gasteiger partial charge in [-0.1, -0.05) is 107 Å². The molecule has 0 spiro atoms. The Morgan fingerprint density at radius 1 is 0.378 bits per heavy atom. The molecule has 0 saturated carbocycles. The number of aliphatic hydroxyl groups excluding tert-OH is 20. The summed E-state index contributed by atoms with van der Waals surface area (Å²) in [5.74, 6) is 0.0248. The molecule has 42 heteroatoms. The van der Waals surface area contributed by atoms with Gasteiger partial charge in [-0.05, 0) is 95.2 Å². The number of unbranched alkanes of at least 4 members (excludes halogenated alkanes) is 10. The van der Waals surface area contributed by atoms with Crippen molar-refractivity contribution in [3.8, 4) is 0 Å². The van der Waals surface area contributed by atoms with E-state index < -0.39 is 214 Å². The molecule has 5 aliphatic rings. The number of Topliss-reactive ketones (excluding diaryl/α,β-unsaturated/α-hetero) is 5.